The van der Waals surface area contributed by atoms with E-state index in [0.29, 0.717) is 18.4 Å². The van der Waals surface area contributed by atoms with E-state index in [1.165, 1.54) is 0 Å². The Bertz CT molecular complexity index is 234. The number of carbonyl (C=O) groups excluding carboxylic acids is 1. The van der Waals surface area contributed by atoms with E-state index < -0.39 is 0 Å². The van der Waals surface area contributed by atoms with Crippen molar-refractivity contribution in [2.75, 3.05) is 39.8 Å². The summed E-state index contributed by atoms with van der Waals surface area (Å²) in [4.78, 5) is 16.4. The molecular weight excluding hydrogens is 190 g/mol. The standard InChI is InChI=1S/C11H21N3O/c1-13-4-6-14(7-5-13)11(15)10-3-2-9(10)8-12/h9-10H,2-8,12H2,1H3. The highest BCUT2D eigenvalue weighted by Gasteiger charge is 2.38. The molecule has 0 radical (unpaired) electrons. The zero-order chi connectivity index (χ0) is 10.8. The van der Waals surface area contributed by atoms with Crippen molar-refractivity contribution in [2.45, 2.75) is 12.8 Å². The van der Waals surface area contributed by atoms with Crippen molar-refractivity contribution in [3.05, 3.63) is 0 Å². The van der Waals surface area contributed by atoms with Crippen LogP contribution in [0.5, 0.6) is 0 Å². The molecule has 1 heterocycles. The van der Waals surface area contributed by atoms with Crippen molar-refractivity contribution >= 4 is 5.91 Å². The van der Waals surface area contributed by atoms with Crippen LogP contribution in [0.15, 0.2) is 0 Å². The van der Waals surface area contributed by atoms with Gasteiger partial charge in [0.05, 0.1) is 0 Å². The number of carbonyl (C=O) groups is 1. The molecule has 0 bridgehead atoms. The molecule has 0 spiro atoms. The van der Waals surface area contributed by atoms with Crippen molar-refractivity contribution in [2.24, 2.45) is 17.6 Å². The fraction of sp³-hybridized carbons (Fsp3) is 0.909. The number of likely N-dealkylation sites (N-methyl/N-ethyl adjacent to an activating group) is 1. The van der Waals surface area contributed by atoms with Gasteiger partial charge in [-0.3, -0.25) is 4.79 Å². The lowest BCUT2D eigenvalue weighted by atomic mass is 9.73. The fourth-order valence-corrected chi connectivity index (χ4v) is 2.44. The van der Waals surface area contributed by atoms with Crippen molar-refractivity contribution in [3.8, 4) is 0 Å². The molecular formula is C11H21N3O. The molecule has 4 heteroatoms. The van der Waals surface area contributed by atoms with Crippen LogP contribution in [-0.4, -0.2) is 55.5 Å². The van der Waals surface area contributed by atoms with Crippen LogP contribution in [0.2, 0.25) is 0 Å². The van der Waals surface area contributed by atoms with Gasteiger partial charge in [-0.15, -0.1) is 0 Å². The molecule has 2 N–H and O–H groups in total. The maximum absolute atomic E-state index is 12.1. The first-order valence-electron chi connectivity index (χ1n) is 5.89. The van der Waals surface area contributed by atoms with Crippen LogP contribution >= 0.6 is 0 Å². The summed E-state index contributed by atoms with van der Waals surface area (Å²) in [6.07, 6.45) is 2.19. The molecule has 0 aromatic carbocycles. The van der Waals surface area contributed by atoms with Crippen LogP contribution in [0.3, 0.4) is 0 Å². The summed E-state index contributed by atoms with van der Waals surface area (Å²) in [5.41, 5.74) is 5.63. The van der Waals surface area contributed by atoms with Crippen LogP contribution in [0.4, 0.5) is 0 Å². The first kappa shape index (κ1) is 10.9. The Kier molecular flexibility index (Phi) is 3.26. The van der Waals surface area contributed by atoms with Gasteiger partial charge in [-0.25, -0.2) is 0 Å². The quantitative estimate of drug-likeness (QED) is 0.685. The third kappa shape index (κ3) is 2.16. The Labute approximate surface area is 91.4 Å². The number of hydrogen-bond donors (Lipinski definition) is 1. The highest BCUT2D eigenvalue weighted by Crippen LogP contribution is 2.34. The third-order valence-electron chi connectivity index (χ3n) is 3.85. The highest BCUT2D eigenvalue weighted by molar-refractivity contribution is 5.80. The predicted octanol–water partition coefficient (Wildman–Crippen LogP) is -0.255. The van der Waals surface area contributed by atoms with Gasteiger partial charge < -0.3 is 15.5 Å². The third-order valence-corrected chi connectivity index (χ3v) is 3.85. The van der Waals surface area contributed by atoms with E-state index in [1.54, 1.807) is 0 Å². The van der Waals surface area contributed by atoms with Crippen molar-refractivity contribution in [1.82, 2.24) is 9.80 Å². The largest absolute Gasteiger partial charge is 0.340 e. The van der Waals surface area contributed by atoms with Crippen LogP contribution in [0.1, 0.15) is 12.8 Å². The van der Waals surface area contributed by atoms with Gasteiger partial charge in [-0.05, 0) is 32.4 Å². The summed E-state index contributed by atoms with van der Waals surface area (Å²) in [5, 5.41) is 0. The zero-order valence-corrected chi connectivity index (χ0v) is 9.48. The summed E-state index contributed by atoms with van der Waals surface area (Å²) >= 11 is 0. The normalized spacial score (nSPS) is 32.5. The summed E-state index contributed by atoms with van der Waals surface area (Å²) in [6.45, 7) is 4.47. The second kappa shape index (κ2) is 4.49. The molecule has 2 fully saturated rings. The molecule has 0 aromatic heterocycles. The monoisotopic (exact) mass is 211 g/mol. The van der Waals surface area contributed by atoms with Gasteiger partial charge in [0.1, 0.15) is 0 Å². The van der Waals surface area contributed by atoms with Crippen molar-refractivity contribution < 1.29 is 4.79 Å². The Morgan fingerprint density at radius 3 is 2.40 bits per heavy atom. The molecule has 2 aliphatic rings. The number of rotatable bonds is 2. The van der Waals surface area contributed by atoms with Gasteiger partial charge in [0.25, 0.3) is 0 Å². The van der Waals surface area contributed by atoms with E-state index in [9.17, 15) is 4.79 Å². The molecule has 0 aromatic rings. The van der Waals surface area contributed by atoms with Crippen molar-refractivity contribution in [1.29, 1.82) is 0 Å². The first-order valence-corrected chi connectivity index (χ1v) is 5.89. The molecule has 2 rings (SSSR count). The molecule has 4 nitrogen and oxygen atoms in total. The van der Waals surface area contributed by atoms with E-state index in [0.717, 1.165) is 39.0 Å². The molecule has 2 unspecified atom stereocenters. The molecule has 1 amide bonds. The Morgan fingerprint density at radius 2 is 1.93 bits per heavy atom. The second-order valence-corrected chi connectivity index (χ2v) is 4.81. The maximum Gasteiger partial charge on any atom is 0.226 e. The molecule has 15 heavy (non-hydrogen) atoms. The average Bonchev–Trinajstić information content (AvgIpc) is 2.17. The van der Waals surface area contributed by atoms with E-state index in [4.69, 9.17) is 5.73 Å². The minimum atomic E-state index is 0.235. The second-order valence-electron chi connectivity index (χ2n) is 4.81. The molecule has 1 saturated heterocycles. The van der Waals surface area contributed by atoms with Crippen LogP contribution < -0.4 is 5.73 Å². The smallest absolute Gasteiger partial charge is 0.226 e. The number of nitrogens with zero attached hydrogens (tertiary/aromatic N) is 2. The van der Waals surface area contributed by atoms with Gasteiger partial charge in [0.15, 0.2) is 0 Å². The topological polar surface area (TPSA) is 49.6 Å². The molecule has 86 valence electrons. The molecule has 1 aliphatic carbocycles. The average molecular weight is 211 g/mol. The lowest BCUT2D eigenvalue weighted by Gasteiger charge is -2.40. The minimum absolute atomic E-state index is 0.235. The van der Waals surface area contributed by atoms with Gasteiger partial charge in [0.2, 0.25) is 5.91 Å². The van der Waals surface area contributed by atoms with Gasteiger partial charge in [0, 0.05) is 32.1 Å². The Hall–Kier alpha value is -0.610. The van der Waals surface area contributed by atoms with Gasteiger partial charge in [-0.2, -0.15) is 0 Å². The highest BCUT2D eigenvalue weighted by atomic mass is 16.2. The SMILES string of the molecule is CN1CCN(C(=O)C2CCC2CN)CC1. The first-order chi connectivity index (χ1) is 7.22. The summed E-state index contributed by atoms with van der Waals surface area (Å²) < 4.78 is 0. The summed E-state index contributed by atoms with van der Waals surface area (Å²) in [5.74, 6) is 1.04. The van der Waals surface area contributed by atoms with E-state index in [-0.39, 0.29) is 5.92 Å². The van der Waals surface area contributed by atoms with E-state index >= 15 is 0 Å². The summed E-state index contributed by atoms with van der Waals surface area (Å²) in [6, 6.07) is 0. The maximum atomic E-state index is 12.1. The number of piperazine rings is 1. The minimum Gasteiger partial charge on any atom is -0.340 e. The lowest BCUT2D eigenvalue weighted by Crippen LogP contribution is -2.52. The Morgan fingerprint density at radius 1 is 1.27 bits per heavy atom. The molecule has 2 atom stereocenters. The number of hydrogen-bond acceptors (Lipinski definition) is 3. The number of amides is 1. The lowest BCUT2D eigenvalue weighted by molar-refractivity contribution is -0.142. The van der Waals surface area contributed by atoms with Crippen LogP contribution in [-0.2, 0) is 4.79 Å². The van der Waals surface area contributed by atoms with E-state index in [1.807, 2.05) is 4.90 Å². The van der Waals surface area contributed by atoms with Crippen LogP contribution in [0.25, 0.3) is 0 Å². The van der Waals surface area contributed by atoms with Gasteiger partial charge in [-0.1, -0.05) is 0 Å². The molecule has 1 aliphatic heterocycles. The number of nitrogens with two attached hydrogens (primary N) is 1. The Balaban J connectivity index is 1.85. The van der Waals surface area contributed by atoms with Crippen LogP contribution in [0, 0.1) is 11.8 Å². The van der Waals surface area contributed by atoms with Crippen molar-refractivity contribution in [3.63, 3.8) is 0 Å². The van der Waals surface area contributed by atoms with Gasteiger partial charge >= 0.3 is 0 Å². The predicted molar refractivity (Wildman–Crippen MR) is 59.3 cm³/mol. The molecule has 1 saturated carbocycles. The zero-order valence-electron chi connectivity index (χ0n) is 9.48. The van der Waals surface area contributed by atoms with E-state index in [2.05, 4.69) is 11.9 Å². The summed E-state index contributed by atoms with van der Waals surface area (Å²) in [7, 11) is 2.11. The fourth-order valence-electron chi connectivity index (χ4n) is 2.44.